The van der Waals surface area contributed by atoms with Crippen molar-refractivity contribution in [3.8, 4) is 5.75 Å². The Labute approximate surface area is 165 Å². The molecular weight excluding hydrogens is 410 g/mol. The summed E-state index contributed by atoms with van der Waals surface area (Å²) in [6, 6.07) is 15.1. The molecule has 27 heavy (non-hydrogen) atoms. The minimum atomic E-state index is -0.280. The van der Waals surface area contributed by atoms with Crippen molar-refractivity contribution in [3.63, 3.8) is 0 Å². The zero-order chi connectivity index (χ0) is 19.0. The number of hydrogen-bond donors (Lipinski definition) is 1. The zero-order valence-corrected chi connectivity index (χ0v) is 16.5. The van der Waals surface area contributed by atoms with E-state index in [1.807, 2.05) is 48.5 Å². The number of amides is 1. The Morgan fingerprint density at radius 1 is 1.11 bits per heavy atom. The Hall–Kier alpha value is -2.64. The number of hydrogen-bond acceptors (Lipinski definition) is 4. The second-order valence-corrected chi connectivity index (χ2v) is 7.14. The number of nitrogens with zero attached hydrogens (tertiary/aromatic N) is 2. The maximum Gasteiger partial charge on any atom is 0.280 e. The van der Waals surface area contributed by atoms with Gasteiger partial charge in [0.15, 0.2) is 5.69 Å². The van der Waals surface area contributed by atoms with E-state index in [-0.39, 0.29) is 11.9 Å². The first-order chi connectivity index (χ1) is 13.1. The van der Waals surface area contributed by atoms with E-state index >= 15 is 0 Å². The van der Waals surface area contributed by atoms with Crippen molar-refractivity contribution in [1.29, 1.82) is 0 Å². The monoisotopic (exact) mass is 427 g/mol. The van der Waals surface area contributed by atoms with Crippen molar-refractivity contribution in [2.75, 3.05) is 19.1 Å². The van der Waals surface area contributed by atoms with Crippen molar-refractivity contribution in [1.82, 2.24) is 10.2 Å². The molecule has 7 heteroatoms. The highest BCUT2D eigenvalue weighted by molar-refractivity contribution is 9.10. The van der Waals surface area contributed by atoms with E-state index < -0.39 is 0 Å². The molecule has 1 aliphatic heterocycles. The van der Waals surface area contributed by atoms with Crippen molar-refractivity contribution in [2.24, 2.45) is 0 Å². The van der Waals surface area contributed by atoms with Gasteiger partial charge in [-0.2, -0.15) is 5.10 Å². The average molecular weight is 428 g/mol. The Morgan fingerprint density at radius 2 is 1.81 bits per heavy atom. The second kappa shape index (κ2) is 7.17. The fourth-order valence-corrected chi connectivity index (χ4v) is 3.69. The number of rotatable bonds is 5. The molecule has 0 bridgehead atoms. The Morgan fingerprint density at radius 3 is 2.44 bits per heavy atom. The van der Waals surface area contributed by atoms with Crippen molar-refractivity contribution in [3.05, 3.63) is 75.5 Å². The summed E-state index contributed by atoms with van der Waals surface area (Å²) in [5, 5.41) is 7.23. The first-order valence-electron chi connectivity index (χ1n) is 8.43. The summed E-state index contributed by atoms with van der Waals surface area (Å²) in [7, 11) is 3.24. The molecule has 0 saturated carbocycles. The number of carbonyl (C=O) groups excluding carboxylic acids is 1. The van der Waals surface area contributed by atoms with E-state index in [2.05, 4.69) is 26.1 Å². The lowest BCUT2D eigenvalue weighted by atomic mass is 9.98. The quantitative estimate of drug-likeness (QED) is 0.665. The van der Waals surface area contributed by atoms with Crippen LogP contribution in [0.2, 0.25) is 0 Å². The number of ether oxygens (including phenoxy) is 2. The molecule has 0 aliphatic carbocycles. The number of anilines is 1. The summed E-state index contributed by atoms with van der Waals surface area (Å²) in [4.78, 5) is 15.0. The van der Waals surface area contributed by atoms with Crippen LogP contribution in [0.15, 0.2) is 53.0 Å². The predicted octanol–water partition coefficient (Wildman–Crippen LogP) is 4.08. The Balaban J connectivity index is 1.86. The van der Waals surface area contributed by atoms with Gasteiger partial charge in [0.1, 0.15) is 5.75 Å². The molecule has 1 N–H and O–H groups in total. The third-order valence-corrected chi connectivity index (χ3v) is 5.19. The van der Waals surface area contributed by atoms with E-state index in [0.29, 0.717) is 12.3 Å². The molecule has 1 aliphatic rings. The molecule has 138 valence electrons. The van der Waals surface area contributed by atoms with E-state index in [1.54, 1.807) is 19.1 Å². The second-order valence-electron chi connectivity index (χ2n) is 6.22. The van der Waals surface area contributed by atoms with Gasteiger partial charge in [-0.1, -0.05) is 28.1 Å². The van der Waals surface area contributed by atoms with Gasteiger partial charge in [0.2, 0.25) is 0 Å². The topological polar surface area (TPSA) is 67.4 Å². The summed E-state index contributed by atoms with van der Waals surface area (Å²) in [5.74, 6) is 0.603. The maximum atomic E-state index is 13.2. The molecule has 2 heterocycles. The lowest BCUT2D eigenvalue weighted by Gasteiger charge is -2.26. The van der Waals surface area contributed by atoms with Crippen LogP contribution in [-0.2, 0) is 11.3 Å². The normalized spacial score (nSPS) is 15.9. The van der Waals surface area contributed by atoms with Gasteiger partial charge in [0, 0.05) is 22.8 Å². The summed E-state index contributed by atoms with van der Waals surface area (Å²) in [5.41, 5.74) is 3.89. The zero-order valence-electron chi connectivity index (χ0n) is 14.9. The van der Waals surface area contributed by atoms with Crippen molar-refractivity contribution < 1.29 is 14.3 Å². The Bertz CT molecular complexity index is 967. The van der Waals surface area contributed by atoms with Crippen LogP contribution in [0.5, 0.6) is 5.75 Å². The Kier molecular flexibility index (Phi) is 4.72. The third kappa shape index (κ3) is 3.02. The number of benzene rings is 2. The molecule has 1 atom stereocenters. The van der Waals surface area contributed by atoms with Crippen molar-refractivity contribution >= 4 is 27.5 Å². The minimum absolute atomic E-state index is 0.137. The van der Waals surface area contributed by atoms with Crippen LogP contribution in [0, 0.1) is 0 Å². The molecule has 3 aromatic rings. The molecule has 2 aromatic carbocycles. The average Bonchev–Trinajstić information content (AvgIpc) is 3.22. The van der Waals surface area contributed by atoms with Crippen LogP contribution < -0.4 is 9.64 Å². The van der Waals surface area contributed by atoms with E-state index in [4.69, 9.17) is 9.47 Å². The van der Waals surface area contributed by atoms with Crippen molar-refractivity contribution in [2.45, 2.75) is 12.6 Å². The van der Waals surface area contributed by atoms with Gasteiger partial charge >= 0.3 is 0 Å². The standard InChI is InChI=1S/C20H18BrN3O3/c1-26-11-16-17-18(23-22-16)20(25)24(14-7-9-15(27-2)10-8-14)19(17)12-3-5-13(21)6-4-12/h3-10,19H,11H2,1-2H3,(H,22,23). The van der Waals surface area contributed by atoms with Gasteiger partial charge in [-0.05, 0) is 42.0 Å². The van der Waals surface area contributed by atoms with Gasteiger partial charge in [-0.25, -0.2) is 0 Å². The lowest BCUT2D eigenvalue weighted by molar-refractivity contribution is 0.0988. The maximum absolute atomic E-state index is 13.2. The van der Waals surface area contributed by atoms with E-state index in [0.717, 1.165) is 32.7 Å². The van der Waals surface area contributed by atoms with Gasteiger partial charge in [0.05, 0.1) is 25.5 Å². The van der Waals surface area contributed by atoms with Crippen LogP contribution in [-0.4, -0.2) is 30.3 Å². The number of halogens is 1. The smallest absolute Gasteiger partial charge is 0.280 e. The molecule has 0 fully saturated rings. The highest BCUT2D eigenvalue weighted by Crippen LogP contribution is 2.43. The third-order valence-electron chi connectivity index (χ3n) is 4.66. The van der Waals surface area contributed by atoms with Gasteiger partial charge in [0.25, 0.3) is 5.91 Å². The summed E-state index contributed by atoms with van der Waals surface area (Å²) >= 11 is 3.47. The summed E-state index contributed by atoms with van der Waals surface area (Å²) < 4.78 is 11.5. The highest BCUT2D eigenvalue weighted by Gasteiger charge is 2.43. The molecule has 0 saturated heterocycles. The molecule has 4 rings (SSSR count). The fraction of sp³-hybridized carbons (Fsp3) is 0.200. The number of H-pyrrole nitrogens is 1. The van der Waals surface area contributed by atoms with Crippen LogP contribution >= 0.6 is 15.9 Å². The fourth-order valence-electron chi connectivity index (χ4n) is 3.43. The largest absolute Gasteiger partial charge is 0.497 e. The number of carbonyl (C=O) groups is 1. The lowest BCUT2D eigenvalue weighted by Crippen LogP contribution is -2.29. The van der Waals surface area contributed by atoms with E-state index in [1.165, 1.54) is 0 Å². The van der Waals surface area contributed by atoms with Gasteiger partial charge in [-0.15, -0.1) is 0 Å². The number of nitrogens with one attached hydrogen (secondary N) is 1. The molecule has 1 unspecified atom stereocenters. The highest BCUT2D eigenvalue weighted by atomic mass is 79.9. The van der Waals surface area contributed by atoms with Gasteiger partial charge in [-0.3, -0.25) is 14.8 Å². The molecule has 1 aromatic heterocycles. The molecular formula is C20H18BrN3O3. The van der Waals surface area contributed by atoms with Crippen LogP contribution in [0.25, 0.3) is 0 Å². The summed E-state index contributed by atoms with van der Waals surface area (Å²) in [6.07, 6.45) is 0. The first kappa shape index (κ1) is 17.8. The molecule has 1 amide bonds. The van der Waals surface area contributed by atoms with Crippen LogP contribution in [0.4, 0.5) is 5.69 Å². The van der Waals surface area contributed by atoms with Crippen LogP contribution in [0.1, 0.15) is 33.4 Å². The number of fused-ring (bicyclic) bond motifs is 1. The minimum Gasteiger partial charge on any atom is -0.497 e. The molecule has 0 radical (unpaired) electrons. The number of methoxy groups -OCH3 is 2. The predicted molar refractivity (Wildman–Crippen MR) is 105 cm³/mol. The van der Waals surface area contributed by atoms with Crippen LogP contribution in [0.3, 0.4) is 0 Å². The molecule has 6 nitrogen and oxygen atoms in total. The number of aromatic amines is 1. The number of aromatic nitrogens is 2. The van der Waals surface area contributed by atoms with Gasteiger partial charge < -0.3 is 9.47 Å². The molecule has 0 spiro atoms. The SMILES string of the molecule is COCc1[nH]nc2c1C(c1ccc(Br)cc1)N(c1ccc(OC)cc1)C2=O. The van der Waals surface area contributed by atoms with E-state index in [9.17, 15) is 4.79 Å². The summed E-state index contributed by atoms with van der Waals surface area (Å²) in [6.45, 7) is 0.360. The first-order valence-corrected chi connectivity index (χ1v) is 9.22.